The molecule has 2 aromatic rings. The molecule has 0 fully saturated rings. The lowest BCUT2D eigenvalue weighted by molar-refractivity contribution is 0.0649. The Hall–Kier alpha value is -1.95. The first-order chi connectivity index (χ1) is 8.47. The summed E-state index contributed by atoms with van der Waals surface area (Å²) in [6, 6.07) is 7.63. The Labute approximate surface area is 106 Å². The molecule has 6 nitrogen and oxygen atoms in total. The summed E-state index contributed by atoms with van der Waals surface area (Å²) in [5.41, 5.74) is 0.996. The number of tetrazole rings is 1. The maximum atomic E-state index is 9.90. The van der Waals surface area contributed by atoms with E-state index in [1.54, 1.807) is 24.9 Å². The Morgan fingerprint density at radius 1 is 1.39 bits per heavy atom. The maximum Gasteiger partial charge on any atom is 0.143 e. The van der Waals surface area contributed by atoms with Crippen LogP contribution in [0.15, 0.2) is 30.6 Å². The van der Waals surface area contributed by atoms with Crippen LogP contribution < -0.4 is 5.32 Å². The van der Waals surface area contributed by atoms with Crippen molar-refractivity contribution in [3.63, 3.8) is 0 Å². The molecule has 1 aromatic carbocycles. The highest BCUT2D eigenvalue weighted by molar-refractivity contribution is 5.51. The number of benzene rings is 1. The molecular weight excluding hydrogens is 230 g/mol. The van der Waals surface area contributed by atoms with Gasteiger partial charge in [-0.25, -0.2) is 4.68 Å². The second-order valence-corrected chi connectivity index (χ2v) is 4.82. The van der Waals surface area contributed by atoms with Crippen molar-refractivity contribution in [2.75, 3.05) is 5.32 Å². The van der Waals surface area contributed by atoms with Crippen molar-refractivity contribution in [2.24, 2.45) is 0 Å². The number of rotatable bonds is 4. The first kappa shape index (κ1) is 12.5. The molecule has 0 aliphatic heterocycles. The van der Waals surface area contributed by atoms with Crippen molar-refractivity contribution in [1.82, 2.24) is 20.2 Å². The molecule has 0 saturated heterocycles. The van der Waals surface area contributed by atoms with Gasteiger partial charge in [0, 0.05) is 5.69 Å². The lowest BCUT2D eigenvalue weighted by atomic mass is 10.0. The number of anilines is 1. The first-order valence-electron chi connectivity index (χ1n) is 5.79. The van der Waals surface area contributed by atoms with Crippen LogP contribution in [0.4, 0.5) is 5.69 Å². The van der Waals surface area contributed by atoms with Crippen LogP contribution in [0.5, 0.6) is 0 Å². The van der Waals surface area contributed by atoms with E-state index >= 15 is 0 Å². The van der Waals surface area contributed by atoms with Gasteiger partial charge in [-0.2, -0.15) is 0 Å². The highest BCUT2D eigenvalue weighted by atomic mass is 16.3. The monoisotopic (exact) mass is 247 g/mol. The van der Waals surface area contributed by atoms with E-state index in [2.05, 4.69) is 20.8 Å². The number of nitrogens with one attached hydrogen (secondary N) is 1. The molecule has 0 amide bonds. The minimum atomic E-state index is -0.787. The van der Waals surface area contributed by atoms with Gasteiger partial charge in [0.2, 0.25) is 0 Å². The molecule has 1 unspecified atom stereocenters. The summed E-state index contributed by atoms with van der Waals surface area (Å²) in [6.45, 7) is 5.48. The van der Waals surface area contributed by atoms with Gasteiger partial charge in [-0.15, -0.1) is 5.10 Å². The smallest absolute Gasteiger partial charge is 0.143 e. The van der Waals surface area contributed by atoms with Gasteiger partial charge in [0.05, 0.1) is 17.3 Å². The highest BCUT2D eigenvalue weighted by Crippen LogP contribution is 2.18. The van der Waals surface area contributed by atoms with Crippen LogP contribution in [0.25, 0.3) is 5.69 Å². The lowest BCUT2D eigenvalue weighted by Crippen LogP contribution is -2.39. The largest absolute Gasteiger partial charge is 0.388 e. The van der Waals surface area contributed by atoms with Crippen LogP contribution >= 0.6 is 0 Å². The third-order valence-corrected chi connectivity index (χ3v) is 2.90. The van der Waals surface area contributed by atoms with E-state index in [0.717, 1.165) is 11.4 Å². The Bertz CT molecular complexity index is 503. The summed E-state index contributed by atoms with van der Waals surface area (Å²) in [6.07, 6.45) is 1.54. The van der Waals surface area contributed by atoms with Crippen LogP contribution in [-0.4, -0.2) is 37.0 Å². The molecule has 0 aliphatic carbocycles. The van der Waals surface area contributed by atoms with E-state index in [9.17, 15) is 5.11 Å². The topological polar surface area (TPSA) is 75.9 Å². The third kappa shape index (κ3) is 2.84. The second-order valence-electron chi connectivity index (χ2n) is 4.82. The van der Waals surface area contributed by atoms with Gasteiger partial charge in [-0.1, -0.05) is 6.07 Å². The Morgan fingerprint density at radius 3 is 2.78 bits per heavy atom. The summed E-state index contributed by atoms with van der Waals surface area (Å²) in [5.74, 6) is 0. The van der Waals surface area contributed by atoms with Gasteiger partial charge < -0.3 is 10.4 Å². The van der Waals surface area contributed by atoms with Gasteiger partial charge in [-0.3, -0.25) is 0 Å². The molecule has 0 spiro atoms. The summed E-state index contributed by atoms with van der Waals surface area (Å²) >= 11 is 0. The average Bonchev–Trinajstić information content (AvgIpc) is 2.81. The Kier molecular flexibility index (Phi) is 3.29. The fourth-order valence-corrected chi connectivity index (χ4v) is 1.44. The molecule has 2 N–H and O–H groups in total. The number of nitrogens with zero attached hydrogens (tertiary/aromatic N) is 4. The van der Waals surface area contributed by atoms with Gasteiger partial charge in [0.1, 0.15) is 6.33 Å². The van der Waals surface area contributed by atoms with Crippen LogP contribution in [0, 0.1) is 0 Å². The molecule has 0 aliphatic rings. The van der Waals surface area contributed by atoms with E-state index in [0.29, 0.717) is 0 Å². The predicted molar refractivity (Wildman–Crippen MR) is 68.5 cm³/mol. The molecule has 96 valence electrons. The third-order valence-electron chi connectivity index (χ3n) is 2.90. The van der Waals surface area contributed by atoms with E-state index in [1.807, 2.05) is 31.2 Å². The van der Waals surface area contributed by atoms with Crippen LogP contribution in [0.2, 0.25) is 0 Å². The zero-order chi connectivity index (χ0) is 13.2. The van der Waals surface area contributed by atoms with Gasteiger partial charge in [0.15, 0.2) is 0 Å². The minimum Gasteiger partial charge on any atom is -0.388 e. The van der Waals surface area contributed by atoms with Crippen molar-refractivity contribution in [2.45, 2.75) is 32.4 Å². The SMILES string of the molecule is CC(Nc1cccc(-n2cnnn2)c1)C(C)(C)O. The fourth-order valence-electron chi connectivity index (χ4n) is 1.44. The fraction of sp³-hybridized carbons (Fsp3) is 0.417. The highest BCUT2D eigenvalue weighted by Gasteiger charge is 2.21. The van der Waals surface area contributed by atoms with E-state index in [-0.39, 0.29) is 6.04 Å². The molecule has 18 heavy (non-hydrogen) atoms. The van der Waals surface area contributed by atoms with Crippen LogP contribution in [0.1, 0.15) is 20.8 Å². The zero-order valence-corrected chi connectivity index (χ0v) is 10.7. The van der Waals surface area contributed by atoms with Crippen molar-refractivity contribution in [1.29, 1.82) is 0 Å². The maximum absolute atomic E-state index is 9.90. The van der Waals surface area contributed by atoms with Crippen LogP contribution in [-0.2, 0) is 0 Å². The van der Waals surface area contributed by atoms with E-state index in [1.165, 1.54) is 0 Å². The number of hydrogen-bond donors (Lipinski definition) is 2. The molecular formula is C12H17N5O. The van der Waals surface area contributed by atoms with Crippen molar-refractivity contribution in [3.8, 4) is 5.69 Å². The molecule has 0 radical (unpaired) electrons. The standard InChI is InChI=1S/C12H17N5O/c1-9(12(2,3)18)14-10-5-4-6-11(7-10)17-8-13-15-16-17/h4-9,14,18H,1-3H3. The van der Waals surface area contributed by atoms with E-state index < -0.39 is 5.60 Å². The normalized spacial score (nSPS) is 13.3. The van der Waals surface area contributed by atoms with Gasteiger partial charge >= 0.3 is 0 Å². The quantitative estimate of drug-likeness (QED) is 0.850. The van der Waals surface area contributed by atoms with Gasteiger partial charge in [0.25, 0.3) is 0 Å². The second kappa shape index (κ2) is 4.73. The number of aliphatic hydroxyl groups is 1. The molecule has 1 heterocycles. The van der Waals surface area contributed by atoms with E-state index in [4.69, 9.17) is 0 Å². The number of aromatic nitrogens is 4. The first-order valence-corrected chi connectivity index (χ1v) is 5.79. The van der Waals surface area contributed by atoms with Gasteiger partial charge in [-0.05, 0) is 49.4 Å². The van der Waals surface area contributed by atoms with Crippen molar-refractivity contribution < 1.29 is 5.11 Å². The molecule has 2 rings (SSSR count). The zero-order valence-electron chi connectivity index (χ0n) is 10.7. The summed E-state index contributed by atoms with van der Waals surface area (Å²) in [5, 5.41) is 24.2. The lowest BCUT2D eigenvalue weighted by Gasteiger charge is -2.27. The van der Waals surface area contributed by atoms with Crippen molar-refractivity contribution in [3.05, 3.63) is 30.6 Å². The Balaban J connectivity index is 2.18. The summed E-state index contributed by atoms with van der Waals surface area (Å²) in [7, 11) is 0. The Morgan fingerprint density at radius 2 is 2.17 bits per heavy atom. The summed E-state index contributed by atoms with van der Waals surface area (Å²) in [4.78, 5) is 0. The average molecular weight is 247 g/mol. The molecule has 0 bridgehead atoms. The summed E-state index contributed by atoms with van der Waals surface area (Å²) < 4.78 is 1.58. The minimum absolute atomic E-state index is 0.0679. The molecule has 1 atom stereocenters. The number of hydrogen-bond acceptors (Lipinski definition) is 5. The molecule has 1 aromatic heterocycles. The van der Waals surface area contributed by atoms with Crippen molar-refractivity contribution >= 4 is 5.69 Å². The predicted octanol–water partition coefficient (Wildman–Crippen LogP) is 1.23. The molecule has 0 saturated carbocycles. The van der Waals surface area contributed by atoms with Crippen LogP contribution in [0.3, 0.4) is 0 Å². The molecule has 6 heteroatoms.